The van der Waals surface area contributed by atoms with E-state index in [9.17, 15) is 33.8 Å². The lowest BCUT2D eigenvalue weighted by atomic mass is 9.50. The van der Waals surface area contributed by atoms with Crippen molar-refractivity contribution in [1.29, 1.82) is 0 Å². The van der Waals surface area contributed by atoms with E-state index < -0.39 is 70.4 Å². The van der Waals surface area contributed by atoms with E-state index in [-0.39, 0.29) is 35.6 Å². The Hall–Kier alpha value is -6.27. The quantitative estimate of drug-likeness (QED) is 0.133. The van der Waals surface area contributed by atoms with Crippen LogP contribution in [0.5, 0.6) is 11.5 Å². The molecule has 11 nitrogen and oxygen atoms in total. The highest BCUT2D eigenvalue weighted by Crippen LogP contribution is 2.61. The van der Waals surface area contributed by atoms with Crippen molar-refractivity contribution in [2.45, 2.75) is 18.3 Å². The molecule has 2 aliphatic heterocycles. The molecule has 278 valence electrons. The number of imide groups is 2. The van der Waals surface area contributed by atoms with Gasteiger partial charge < -0.3 is 14.9 Å². The Morgan fingerprint density at radius 1 is 0.945 bits per heavy atom. The summed E-state index contributed by atoms with van der Waals surface area (Å²) in [5, 5.41) is 21.3. The zero-order valence-corrected chi connectivity index (χ0v) is 29.9. The molecule has 4 aromatic carbocycles. The molecule has 0 aromatic heterocycles. The van der Waals surface area contributed by atoms with Gasteiger partial charge in [0.25, 0.3) is 11.8 Å². The van der Waals surface area contributed by atoms with Gasteiger partial charge in [-0.1, -0.05) is 59.7 Å². The third-order valence-corrected chi connectivity index (χ3v) is 11.6. The van der Waals surface area contributed by atoms with Gasteiger partial charge in [-0.05, 0) is 96.6 Å². The van der Waals surface area contributed by atoms with Gasteiger partial charge in [0.15, 0.2) is 11.5 Å². The third kappa shape index (κ3) is 5.67. The van der Waals surface area contributed by atoms with Crippen LogP contribution in [0.15, 0.2) is 109 Å². The number of amides is 4. The number of rotatable bonds is 8. The predicted octanol–water partition coefficient (Wildman–Crippen LogP) is 6.63. The molecular weight excluding hydrogens is 729 g/mol. The molecule has 3 fully saturated rings. The molecule has 55 heavy (non-hydrogen) atoms. The first-order valence-corrected chi connectivity index (χ1v) is 17.9. The lowest BCUT2D eigenvalue weighted by molar-refractivity contribution is -0.139. The maximum absolute atomic E-state index is 15.2. The lowest BCUT2D eigenvalue weighted by Gasteiger charge is -2.49. The number of phenolic OH excluding ortho intramolecular Hbond substituents is 1. The van der Waals surface area contributed by atoms with Crippen LogP contribution >= 0.6 is 11.6 Å². The molecule has 0 radical (unpaired) electrons. The summed E-state index contributed by atoms with van der Waals surface area (Å²) in [7, 11) is 1.42. The van der Waals surface area contributed by atoms with E-state index in [4.69, 9.17) is 16.3 Å². The Labute approximate surface area is 319 Å². The number of allylic oxidation sites excluding steroid dienone is 3. The Balaban J connectivity index is 1.29. The minimum absolute atomic E-state index is 0.0290. The number of hydrazine groups is 1. The monoisotopic (exact) mass is 761 g/mol. The van der Waals surface area contributed by atoms with Crippen molar-refractivity contribution in [2.75, 3.05) is 17.4 Å². The first-order chi connectivity index (χ1) is 26.4. The second kappa shape index (κ2) is 13.5. The molecule has 4 amide bonds. The number of nitrogens with one attached hydrogen (secondary N) is 1. The van der Waals surface area contributed by atoms with Gasteiger partial charge in [0.2, 0.25) is 11.8 Å². The number of fused-ring (bicyclic) bond motifs is 4. The maximum Gasteiger partial charge on any atom is 0.335 e. The summed E-state index contributed by atoms with van der Waals surface area (Å²) < 4.78 is 19.2. The molecule has 0 bridgehead atoms. The number of nitrogens with zero attached hydrogens (tertiary/aromatic N) is 2. The topological polar surface area (TPSA) is 154 Å². The van der Waals surface area contributed by atoms with Crippen LogP contribution in [0.4, 0.5) is 15.8 Å². The Morgan fingerprint density at radius 2 is 1.69 bits per heavy atom. The normalized spacial score (nSPS) is 25.8. The number of benzene rings is 4. The van der Waals surface area contributed by atoms with E-state index in [1.54, 1.807) is 42.5 Å². The smallest absolute Gasteiger partial charge is 0.335 e. The summed E-state index contributed by atoms with van der Waals surface area (Å²) in [5.41, 5.74) is 3.50. The van der Waals surface area contributed by atoms with Crippen LogP contribution in [0.3, 0.4) is 0 Å². The van der Waals surface area contributed by atoms with E-state index in [1.165, 1.54) is 61.7 Å². The molecule has 3 N–H and O–H groups in total. The second-order valence-corrected chi connectivity index (χ2v) is 14.5. The molecular formula is C42H33ClFN3O8. The van der Waals surface area contributed by atoms with E-state index in [2.05, 4.69) is 5.43 Å². The maximum atomic E-state index is 15.2. The number of aromatic carboxylic acids is 1. The summed E-state index contributed by atoms with van der Waals surface area (Å²) in [5.74, 6) is -7.96. The fraction of sp³-hybridized carbons (Fsp3) is 0.214. The van der Waals surface area contributed by atoms with Gasteiger partial charge in [0.1, 0.15) is 5.82 Å². The van der Waals surface area contributed by atoms with E-state index >= 15 is 4.79 Å². The highest BCUT2D eigenvalue weighted by atomic mass is 35.5. The summed E-state index contributed by atoms with van der Waals surface area (Å²) >= 11 is 6.35. The van der Waals surface area contributed by atoms with Crippen molar-refractivity contribution in [3.63, 3.8) is 0 Å². The molecule has 6 atom stereocenters. The zero-order chi connectivity index (χ0) is 38.8. The van der Waals surface area contributed by atoms with Gasteiger partial charge in [-0.2, -0.15) is 5.01 Å². The molecule has 13 heteroatoms. The van der Waals surface area contributed by atoms with Crippen LogP contribution in [0.25, 0.3) is 6.08 Å². The predicted molar refractivity (Wildman–Crippen MR) is 199 cm³/mol. The number of carboxylic acid groups (broad SMARTS) is 1. The molecule has 1 saturated carbocycles. The van der Waals surface area contributed by atoms with E-state index in [0.717, 1.165) is 9.91 Å². The number of hydrogen-bond acceptors (Lipinski definition) is 8. The highest BCUT2D eigenvalue weighted by molar-refractivity contribution is 6.30. The number of ether oxygens (including phenoxy) is 1. The van der Waals surface area contributed by atoms with Gasteiger partial charge >= 0.3 is 5.97 Å². The Morgan fingerprint density at radius 3 is 2.40 bits per heavy atom. The van der Waals surface area contributed by atoms with Crippen molar-refractivity contribution >= 4 is 58.6 Å². The molecule has 2 saturated heterocycles. The lowest BCUT2D eigenvalue weighted by Crippen LogP contribution is -2.54. The Bertz CT molecular complexity index is 2350. The molecule has 2 aliphatic carbocycles. The third-order valence-electron chi connectivity index (χ3n) is 11.4. The Kier molecular flexibility index (Phi) is 8.80. The van der Waals surface area contributed by atoms with Gasteiger partial charge in [0, 0.05) is 10.9 Å². The van der Waals surface area contributed by atoms with E-state index in [1.807, 2.05) is 12.2 Å². The van der Waals surface area contributed by atoms with E-state index in [0.29, 0.717) is 27.4 Å². The zero-order valence-electron chi connectivity index (χ0n) is 29.2. The number of carboxylic acids is 1. The van der Waals surface area contributed by atoms with Crippen LogP contribution in [-0.4, -0.2) is 51.9 Å². The molecule has 4 aliphatic rings. The highest BCUT2D eigenvalue weighted by Gasteiger charge is 2.69. The number of halogens is 2. The summed E-state index contributed by atoms with van der Waals surface area (Å²) in [6, 6.07) is 22.3. The molecule has 2 heterocycles. The van der Waals surface area contributed by atoms with Gasteiger partial charge in [0.05, 0.1) is 47.2 Å². The second-order valence-electron chi connectivity index (χ2n) is 14.1. The summed E-state index contributed by atoms with van der Waals surface area (Å²) in [4.78, 5) is 71.3. The van der Waals surface area contributed by atoms with Crippen LogP contribution in [0.2, 0.25) is 5.02 Å². The number of methoxy groups -OCH3 is 1. The number of hydrogen-bond donors (Lipinski definition) is 3. The number of aromatic hydroxyl groups is 1. The standard InChI is InChI=1S/C42H33ClFN3O8/c1-55-35-19-22(6-18-34(35)48)5-17-32-29-15-16-30-36(39(51)46(37(30)49)28-4-2-3-23(20-28)40(52)53)31(29)21-33-38(50)47(45-27-13-11-26(44)12-14-27)41(54)42(32,33)24-7-9-25(43)10-8-24/h2-15,17-20,30-33,36,45,48H,16,21H2,1H3,(H,52,53)/t30-,31+,32-,33-,36-,42-/m0/s1. The van der Waals surface area contributed by atoms with Crippen molar-refractivity contribution < 1.29 is 43.3 Å². The average Bonchev–Trinajstić information content (AvgIpc) is 3.56. The first-order valence-electron chi connectivity index (χ1n) is 17.6. The average molecular weight is 762 g/mol. The number of phenols is 1. The fourth-order valence-electron chi connectivity index (χ4n) is 8.94. The number of anilines is 2. The number of carbonyl (C=O) groups excluding carboxylic acids is 4. The van der Waals surface area contributed by atoms with Crippen LogP contribution in [-0.2, 0) is 24.6 Å². The SMILES string of the molecule is COc1cc(C=C[C@H]2C3=CC[C@@H]4C(=O)N(c5cccc(C(=O)O)c5)C(=O)[C@@H]4[C@@H]3C[C@H]3C(=O)N(Nc4ccc(F)cc4)C(=O)[C@@]23c2ccc(Cl)cc2)ccc1O. The number of carbonyl (C=O) groups is 5. The van der Waals surface area contributed by atoms with Gasteiger partial charge in [-0.15, -0.1) is 0 Å². The largest absolute Gasteiger partial charge is 0.504 e. The van der Waals surface area contributed by atoms with Crippen LogP contribution in [0, 0.1) is 35.4 Å². The van der Waals surface area contributed by atoms with Crippen molar-refractivity contribution in [3.8, 4) is 11.5 Å². The summed E-state index contributed by atoms with van der Waals surface area (Å²) in [6.45, 7) is 0. The van der Waals surface area contributed by atoms with Crippen molar-refractivity contribution in [1.82, 2.24) is 5.01 Å². The molecule has 0 unspecified atom stereocenters. The molecule has 8 rings (SSSR count). The first kappa shape index (κ1) is 35.7. The van der Waals surface area contributed by atoms with Crippen molar-refractivity contribution in [3.05, 3.63) is 136 Å². The van der Waals surface area contributed by atoms with Crippen LogP contribution < -0.4 is 15.1 Å². The fourth-order valence-corrected chi connectivity index (χ4v) is 9.07. The molecule has 4 aromatic rings. The van der Waals surface area contributed by atoms with Crippen LogP contribution in [0.1, 0.15) is 34.3 Å². The minimum atomic E-state index is -1.57. The van der Waals surface area contributed by atoms with Gasteiger partial charge in [-0.25, -0.2) is 9.18 Å². The minimum Gasteiger partial charge on any atom is -0.504 e. The summed E-state index contributed by atoms with van der Waals surface area (Å²) in [6.07, 6.45) is 5.65. The van der Waals surface area contributed by atoms with Crippen molar-refractivity contribution in [2.24, 2.45) is 29.6 Å². The van der Waals surface area contributed by atoms with Gasteiger partial charge in [-0.3, -0.25) is 29.5 Å². The molecule has 0 spiro atoms.